The summed E-state index contributed by atoms with van der Waals surface area (Å²) in [6.07, 6.45) is 2.10. The Labute approximate surface area is 170 Å². The molecule has 0 spiro atoms. The van der Waals surface area contributed by atoms with Crippen LogP contribution in [-0.2, 0) is 11.3 Å². The van der Waals surface area contributed by atoms with Crippen LogP contribution in [-0.4, -0.2) is 54.1 Å². The quantitative estimate of drug-likeness (QED) is 0.619. The lowest BCUT2D eigenvalue weighted by Crippen LogP contribution is -2.40. The van der Waals surface area contributed by atoms with Crippen LogP contribution in [0.5, 0.6) is 0 Å². The lowest BCUT2D eigenvalue weighted by Gasteiger charge is -2.26. The summed E-state index contributed by atoms with van der Waals surface area (Å²) in [5.74, 6) is 0. The summed E-state index contributed by atoms with van der Waals surface area (Å²) in [7, 11) is 0. The molecule has 1 aliphatic heterocycles. The third kappa shape index (κ3) is 4.80. The van der Waals surface area contributed by atoms with Gasteiger partial charge in [0, 0.05) is 55.1 Å². The Balaban J connectivity index is 1.50. The van der Waals surface area contributed by atoms with Gasteiger partial charge in [-0.1, -0.05) is 41.9 Å². The number of ether oxygens (including phenoxy) is 1. The van der Waals surface area contributed by atoms with Gasteiger partial charge in [-0.2, -0.15) is 5.10 Å². The molecule has 5 nitrogen and oxygen atoms in total. The Morgan fingerprint density at radius 2 is 1.86 bits per heavy atom. The van der Waals surface area contributed by atoms with Crippen molar-refractivity contribution in [3.05, 3.63) is 71.4 Å². The molecule has 2 heterocycles. The van der Waals surface area contributed by atoms with Gasteiger partial charge >= 0.3 is 0 Å². The molecule has 1 aromatic heterocycles. The Morgan fingerprint density at radius 1 is 1.04 bits per heavy atom. The summed E-state index contributed by atoms with van der Waals surface area (Å²) in [6, 6.07) is 18.1. The van der Waals surface area contributed by atoms with E-state index in [-0.39, 0.29) is 0 Å². The van der Waals surface area contributed by atoms with Crippen LogP contribution >= 0.6 is 11.6 Å². The Bertz CT molecular complexity index is 891. The summed E-state index contributed by atoms with van der Waals surface area (Å²) in [5.41, 5.74) is 4.20. The van der Waals surface area contributed by atoms with Gasteiger partial charge in [-0.25, -0.2) is 4.68 Å². The highest BCUT2D eigenvalue weighted by atomic mass is 35.5. The van der Waals surface area contributed by atoms with Crippen molar-refractivity contribution in [1.29, 1.82) is 0 Å². The molecule has 0 radical (unpaired) electrons. The summed E-state index contributed by atoms with van der Waals surface area (Å²) >= 11 is 6.22. The number of para-hydroxylation sites is 1. The number of nitrogens with zero attached hydrogens (tertiary/aromatic N) is 3. The van der Waals surface area contributed by atoms with Crippen molar-refractivity contribution in [2.24, 2.45) is 0 Å². The van der Waals surface area contributed by atoms with Crippen molar-refractivity contribution in [3.8, 4) is 16.9 Å². The maximum Gasteiger partial charge on any atom is 0.0973 e. The average molecular weight is 397 g/mol. The molecule has 1 N–H and O–H groups in total. The first-order valence-corrected chi connectivity index (χ1v) is 10.1. The zero-order valence-electron chi connectivity index (χ0n) is 15.9. The fraction of sp³-hybridized carbons (Fsp3) is 0.318. The standard InChI is InChI=1S/C22H25ClN4O/c23-20-6-4-5-18(15-20)22-19(16-24-9-10-26-11-13-28-14-12-26)17-27(25-22)21-7-2-1-3-8-21/h1-8,15,17,24H,9-14,16H2. The van der Waals surface area contributed by atoms with Crippen LogP contribution < -0.4 is 5.32 Å². The zero-order valence-corrected chi connectivity index (χ0v) is 16.6. The van der Waals surface area contributed by atoms with E-state index in [9.17, 15) is 0 Å². The molecule has 3 aromatic rings. The molecule has 2 aromatic carbocycles. The van der Waals surface area contributed by atoms with Crippen molar-refractivity contribution in [2.45, 2.75) is 6.54 Å². The first-order valence-electron chi connectivity index (χ1n) is 9.70. The number of hydrogen-bond donors (Lipinski definition) is 1. The van der Waals surface area contributed by atoms with Gasteiger partial charge in [0.2, 0.25) is 0 Å². The Morgan fingerprint density at radius 3 is 2.64 bits per heavy atom. The Kier molecular flexibility index (Phi) is 6.39. The lowest BCUT2D eigenvalue weighted by atomic mass is 10.1. The van der Waals surface area contributed by atoms with Gasteiger partial charge < -0.3 is 10.1 Å². The van der Waals surface area contributed by atoms with E-state index >= 15 is 0 Å². The number of hydrogen-bond acceptors (Lipinski definition) is 4. The minimum Gasteiger partial charge on any atom is -0.379 e. The highest BCUT2D eigenvalue weighted by Gasteiger charge is 2.13. The molecule has 0 aliphatic carbocycles. The van der Waals surface area contributed by atoms with Crippen molar-refractivity contribution < 1.29 is 4.74 Å². The second-order valence-electron chi connectivity index (χ2n) is 6.92. The average Bonchev–Trinajstić information content (AvgIpc) is 3.17. The second kappa shape index (κ2) is 9.34. The number of rotatable bonds is 7. The maximum atomic E-state index is 6.22. The molecule has 0 amide bonds. The number of halogens is 1. The molecule has 0 bridgehead atoms. The molecule has 0 saturated carbocycles. The van der Waals surface area contributed by atoms with Gasteiger partial charge in [0.05, 0.1) is 24.6 Å². The topological polar surface area (TPSA) is 42.3 Å². The van der Waals surface area contributed by atoms with Crippen molar-refractivity contribution >= 4 is 11.6 Å². The van der Waals surface area contributed by atoms with Crippen LogP contribution in [0.25, 0.3) is 16.9 Å². The summed E-state index contributed by atoms with van der Waals surface area (Å²) in [6.45, 7) is 6.43. The van der Waals surface area contributed by atoms with Gasteiger partial charge in [-0.3, -0.25) is 4.90 Å². The predicted octanol–water partition coefficient (Wildman–Crippen LogP) is 3.61. The fourth-order valence-electron chi connectivity index (χ4n) is 3.42. The molecule has 6 heteroatoms. The minimum atomic E-state index is 0.720. The van der Waals surface area contributed by atoms with E-state index < -0.39 is 0 Å². The van der Waals surface area contributed by atoms with Crippen molar-refractivity contribution in [3.63, 3.8) is 0 Å². The SMILES string of the molecule is Clc1cccc(-c2nn(-c3ccccc3)cc2CNCCN2CCOCC2)c1. The molecule has 0 atom stereocenters. The molecule has 4 rings (SSSR count). The van der Waals surface area contributed by atoms with Crippen LogP contribution in [0.15, 0.2) is 60.8 Å². The highest BCUT2D eigenvalue weighted by molar-refractivity contribution is 6.30. The molecule has 28 heavy (non-hydrogen) atoms. The number of aromatic nitrogens is 2. The van der Waals surface area contributed by atoms with Gasteiger partial charge in [-0.05, 0) is 24.3 Å². The molecular formula is C22H25ClN4O. The van der Waals surface area contributed by atoms with Crippen LogP contribution in [0.2, 0.25) is 5.02 Å². The first kappa shape index (κ1) is 19.2. The van der Waals surface area contributed by atoms with E-state index in [1.807, 2.05) is 41.1 Å². The van der Waals surface area contributed by atoms with Gasteiger partial charge in [-0.15, -0.1) is 0 Å². The minimum absolute atomic E-state index is 0.720. The lowest BCUT2D eigenvalue weighted by molar-refractivity contribution is 0.0384. The third-order valence-electron chi connectivity index (χ3n) is 4.93. The molecular weight excluding hydrogens is 372 g/mol. The van der Waals surface area contributed by atoms with E-state index in [2.05, 4.69) is 34.6 Å². The number of nitrogens with one attached hydrogen (secondary N) is 1. The van der Waals surface area contributed by atoms with E-state index in [1.54, 1.807) is 0 Å². The molecule has 1 fully saturated rings. The molecule has 146 valence electrons. The molecule has 1 saturated heterocycles. The summed E-state index contributed by atoms with van der Waals surface area (Å²) in [4.78, 5) is 2.43. The maximum absolute atomic E-state index is 6.22. The van der Waals surface area contributed by atoms with Crippen molar-refractivity contribution in [2.75, 3.05) is 39.4 Å². The second-order valence-corrected chi connectivity index (χ2v) is 7.36. The van der Waals surface area contributed by atoms with E-state index in [0.29, 0.717) is 0 Å². The van der Waals surface area contributed by atoms with Crippen LogP contribution in [0.3, 0.4) is 0 Å². The smallest absolute Gasteiger partial charge is 0.0973 e. The van der Waals surface area contributed by atoms with E-state index in [0.717, 1.165) is 73.5 Å². The normalized spacial score (nSPS) is 15.0. The van der Waals surface area contributed by atoms with Gasteiger partial charge in [0.1, 0.15) is 0 Å². The fourth-order valence-corrected chi connectivity index (χ4v) is 3.61. The van der Waals surface area contributed by atoms with Crippen LogP contribution in [0, 0.1) is 0 Å². The third-order valence-corrected chi connectivity index (χ3v) is 5.17. The highest BCUT2D eigenvalue weighted by Crippen LogP contribution is 2.26. The van der Waals surface area contributed by atoms with E-state index in [1.165, 1.54) is 0 Å². The first-order chi connectivity index (χ1) is 13.8. The zero-order chi connectivity index (χ0) is 19.2. The van der Waals surface area contributed by atoms with Crippen LogP contribution in [0.1, 0.15) is 5.56 Å². The largest absolute Gasteiger partial charge is 0.379 e. The molecule has 0 unspecified atom stereocenters. The number of morpholine rings is 1. The van der Waals surface area contributed by atoms with Crippen molar-refractivity contribution in [1.82, 2.24) is 20.0 Å². The summed E-state index contributed by atoms with van der Waals surface area (Å²) in [5, 5.41) is 9.14. The van der Waals surface area contributed by atoms with Crippen LogP contribution in [0.4, 0.5) is 0 Å². The van der Waals surface area contributed by atoms with E-state index in [4.69, 9.17) is 21.4 Å². The monoisotopic (exact) mass is 396 g/mol. The Hall–Kier alpha value is -2.18. The molecule has 1 aliphatic rings. The predicted molar refractivity (Wildman–Crippen MR) is 113 cm³/mol. The summed E-state index contributed by atoms with van der Waals surface area (Å²) < 4.78 is 7.35. The van der Waals surface area contributed by atoms with Gasteiger partial charge in [0.25, 0.3) is 0 Å². The van der Waals surface area contributed by atoms with Gasteiger partial charge in [0.15, 0.2) is 0 Å². The number of benzene rings is 2.